The summed E-state index contributed by atoms with van der Waals surface area (Å²) in [7, 11) is 0. The lowest BCUT2D eigenvalue weighted by atomic mass is 10.0. The van der Waals surface area contributed by atoms with Gasteiger partial charge in [0.2, 0.25) is 0 Å². The second-order valence-corrected chi connectivity index (χ2v) is 5.86. The first-order valence-corrected chi connectivity index (χ1v) is 7.42. The number of anilines is 1. The van der Waals surface area contributed by atoms with Crippen LogP contribution in [0.1, 0.15) is 23.4 Å². The fourth-order valence-electron chi connectivity index (χ4n) is 2.55. The van der Waals surface area contributed by atoms with Gasteiger partial charge in [0.1, 0.15) is 5.82 Å². The average molecular weight is 290 g/mol. The van der Waals surface area contributed by atoms with E-state index in [1.807, 2.05) is 6.92 Å². The molecule has 0 saturated heterocycles. The minimum absolute atomic E-state index is 0.0542. The van der Waals surface area contributed by atoms with Gasteiger partial charge in [0.25, 0.3) is 0 Å². The molecule has 0 aliphatic carbocycles. The molecule has 5 heteroatoms. The van der Waals surface area contributed by atoms with Gasteiger partial charge in [-0.2, -0.15) is 0 Å². The fourth-order valence-corrected chi connectivity index (χ4v) is 3.51. The van der Waals surface area contributed by atoms with Gasteiger partial charge in [-0.1, -0.05) is 6.07 Å². The summed E-state index contributed by atoms with van der Waals surface area (Å²) >= 11 is 1.74. The Hall–Kier alpha value is -1.88. The smallest absolute Gasteiger partial charge is 0.317 e. The van der Waals surface area contributed by atoms with Crippen molar-refractivity contribution in [2.24, 2.45) is 0 Å². The monoisotopic (exact) mass is 290 g/mol. The van der Waals surface area contributed by atoms with Crippen molar-refractivity contribution in [3.63, 3.8) is 0 Å². The molecule has 2 aromatic rings. The molecule has 20 heavy (non-hydrogen) atoms. The van der Waals surface area contributed by atoms with Crippen LogP contribution in [-0.4, -0.2) is 17.5 Å². The highest BCUT2D eigenvalue weighted by atomic mass is 32.1. The van der Waals surface area contributed by atoms with E-state index < -0.39 is 0 Å². The molecule has 1 atom stereocenters. The van der Waals surface area contributed by atoms with E-state index in [0.29, 0.717) is 12.2 Å². The van der Waals surface area contributed by atoms with Gasteiger partial charge in [0.15, 0.2) is 0 Å². The summed E-state index contributed by atoms with van der Waals surface area (Å²) in [6, 6.07) is 7.90. The molecule has 0 spiro atoms. The van der Waals surface area contributed by atoms with Gasteiger partial charge in [-0.15, -0.1) is 11.3 Å². The van der Waals surface area contributed by atoms with Gasteiger partial charge in [0, 0.05) is 17.1 Å². The molecule has 1 aliphatic heterocycles. The Morgan fingerprint density at radius 3 is 3.10 bits per heavy atom. The van der Waals surface area contributed by atoms with Crippen LogP contribution in [0.25, 0.3) is 0 Å². The lowest BCUT2D eigenvalue weighted by molar-refractivity contribution is 0.189. The van der Waals surface area contributed by atoms with Gasteiger partial charge in [0.05, 0.1) is 6.04 Å². The largest absolute Gasteiger partial charge is 0.322 e. The van der Waals surface area contributed by atoms with Crippen molar-refractivity contribution in [1.82, 2.24) is 4.90 Å². The Bertz CT molecular complexity index is 640. The number of thiophene rings is 1. The number of nitrogens with zero attached hydrogens (tertiary/aromatic N) is 1. The van der Waals surface area contributed by atoms with Crippen LogP contribution in [0.2, 0.25) is 0 Å². The van der Waals surface area contributed by atoms with Crippen molar-refractivity contribution >= 4 is 23.1 Å². The molecule has 1 N–H and O–H groups in total. The van der Waals surface area contributed by atoms with Crippen molar-refractivity contribution in [2.75, 3.05) is 11.9 Å². The maximum absolute atomic E-state index is 13.1. The van der Waals surface area contributed by atoms with Crippen molar-refractivity contribution in [1.29, 1.82) is 0 Å². The molecule has 0 bridgehead atoms. The number of benzene rings is 1. The molecule has 0 saturated carbocycles. The zero-order valence-corrected chi connectivity index (χ0v) is 11.9. The number of nitrogens with one attached hydrogen (secondary N) is 1. The Labute approximate surface area is 121 Å². The number of hydrogen-bond acceptors (Lipinski definition) is 2. The van der Waals surface area contributed by atoms with E-state index in [4.69, 9.17) is 0 Å². The normalized spacial score (nSPS) is 17.7. The standard InChI is InChI=1S/C15H15FN2OS/c1-10-13-6-8-20-14(13)5-7-18(10)15(19)17-12-4-2-3-11(16)9-12/h2-4,6,8-10H,5,7H2,1H3,(H,17,19)/t10-/m1/s1. The van der Waals surface area contributed by atoms with E-state index >= 15 is 0 Å². The number of rotatable bonds is 1. The molecule has 1 aromatic heterocycles. The second kappa shape index (κ2) is 5.25. The molecular weight excluding hydrogens is 275 g/mol. The van der Waals surface area contributed by atoms with E-state index in [-0.39, 0.29) is 17.9 Å². The SMILES string of the molecule is C[C@@H]1c2ccsc2CCN1C(=O)Nc1cccc(F)c1. The zero-order valence-electron chi connectivity index (χ0n) is 11.1. The number of hydrogen-bond donors (Lipinski definition) is 1. The predicted octanol–water partition coefficient (Wildman–Crippen LogP) is 4.04. The summed E-state index contributed by atoms with van der Waals surface area (Å²) in [4.78, 5) is 15.5. The predicted molar refractivity (Wildman–Crippen MR) is 78.6 cm³/mol. The van der Waals surface area contributed by atoms with Crippen LogP contribution >= 0.6 is 11.3 Å². The molecule has 1 aromatic carbocycles. The summed E-state index contributed by atoms with van der Waals surface area (Å²) in [5, 5.41) is 4.82. The fraction of sp³-hybridized carbons (Fsp3) is 0.267. The van der Waals surface area contributed by atoms with Crippen molar-refractivity contribution in [3.05, 3.63) is 52.0 Å². The minimum atomic E-state index is -0.352. The van der Waals surface area contributed by atoms with Crippen LogP contribution in [0.5, 0.6) is 0 Å². The lowest BCUT2D eigenvalue weighted by Crippen LogP contribution is -2.40. The molecule has 2 amide bonds. The first kappa shape index (κ1) is 13.1. The van der Waals surface area contributed by atoms with E-state index in [2.05, 4.69) is 16.8 Å². The topological polar surface area (TPSA) is 32.3 Å². The molecule has 3 nitrogen and oxygen atoms in total. The van der Waals surface area contributed by atoms with Crippen LogP contribution in [0.15, 0.2) is 35.7 Å². The highest BCUT2D eigenvalue weighted by molar-refractivity contribution is 7.10. The third kappa shape index (κ3) is 2.41. The van der Waals surface area contributed by atoms with Crippen molar-refractivity contribution < 1.29 is 9.18 Å². The number of carbonyl (C=O) groups excluding carboxylic acids is 1. The van der Waals surface area contributed by atoms with Crippen LogP contribution in [-0.2, 0) is 6.42 Å². The van der Waals surface area contributed by atoms with E-state index in [9.17, 15) is 9.18 Å². The summed E-state index contributed by atoms with van der Waals surface area (Å²) in [6.45, 7) is 2.71. The molecule has 0 unspecified atom stereocenters. The molecule has 0 radical (unpaired) electrons. The Balaban J connectivity index is 1.75. The number of carbonyl (C=O) groups is 1. The third-order valence-electron chi connectivity index (χ3n) is 3.61. The quantitative estimate of drug-likeness (QED) is 0.844. The van der Waals surface area contributed by atoms with Crippen molar-refractivity contribution in [3.8, 4) is 0 Å². The average Bonchev–Trinajstić information content (AvgIpc) is 2.88. The molecule has 2 heterocycles. The van der Waals surface area contributed by atoms with E-state index in [0.717, 1.165) is 6.42 Å². The first-order chi connectivity index (χ1) is 9.65. The van der Waals surface area contributed by atoms with Gasteiger partial charge >= 0.3 is 6.03 Å². The van der Waals surface area contributed by atoms with Gasteiger partial charge in [-0.25, -0.2) is 9.18 Å². The summed E-state index contributed by atoms with van der Waals surface area (Å²) in [5.41, 5.74) is 1.70. The second-order valence-electron chi connectivity index (χ2n) is 4.86. The molecule has 1 aliphatic rings. The molecule has 104 valence electrons. The van der Waals surface area contributed by atoms with Crippen LogP contribution in [0, 0.1) is 5.82 Å². The van der Waals surface area contributed by atoms with Gasteiger partial charge in [-0.05, 0) is 48.6 Å². The highest BCUT2D eigenvalue weighted by Crippen LogP contribution is 2.33. The maximum Gasteiger partial charge on any atom is 0.322 e. The highest BCUT2D eigenvalue weighted by Gasteiger charge is 2.28. The lowest BCUT2D eigenvalue weighted by Gasteiger charge is -2.33. The van der Waals surface area contributed by atoms with Crippen LogP contribution in [0.3, 0.4) is 0 Å². The number of halogens is 1. The Kier molecular flexibility index (Phi) is 3.44. The minimum Gasteiger partial charge on any atom is -0.317 e. The number of fused-ring (bicyclic) bond motifs is 1. The molecule has 0 fully saturated rings. The Morgan fingerprint density at radius 1 is 1.45 bits per heavy atom. The number of amides is 2. The maximum atomic E-state index is 13.1. The summed E-state index contributed by atoms with van der Waals surface area (Å²) < 4.78 is 13.1. The van der Waals surface area contributed by atoms with Crippen LogP contribution in [0.4, 0.5) is 14.9 Å². The van der Waals surface area contributed by atoms with Gasteiger partial charge in [-0.3, -0.25) is 0 Å². The summed E-state index contributed by atoms with van der Waals surface area (Å²) in [5.74, 6) is -0.352. The molecular formula is C15H15FN2OS. The van der Waals surface area contributed by atoms with Crippen molar-refractivity contribution in [2.45, 2.75) is 19.4 Å². The first-order valence-electron chi connectivity index (χ1n) is 6.54. The Morgan fingerprint density at radius 2 is 2.30 bits per heavy atom. The van der Waals surface area contributed by atoms with E-state index in [1.165, 1.54) is 22.6 Å². The zero-order chi connectivity index (χ0) is 14.1. The van der Waals surface area contributed by atoms with E-state index in [1.54, 1.807) is 28.4 Å². The van der Waals surface area contributed by atoms with Crippen LogP contribution < -0.4 is 5.32 Å². The summed E-state index contributed by atoms with van der Waals surface area (Å²) in [6.07, 6.45) is 0.883. The molecule has 3 rings (SSSR count). The third-order valence-corrected chi connectivity index (χ3v) is 4.61. The number of urea groups is 1. The van der Waals surface area contributed by atoms with Gasteiger partial charge < -0.3 is 10.2 Å².